The van der Waals surface area contributed by atoms with Crippen molar-refractivity contribution in [3.05, 3.63) is 11.6 Å². The van der Waals surface area contributed by atoms with Crippen molar-refractivity contribution in [2.75, 3.05) is 19.8 Å². The highest BCUT2D eigenvalue weighted by Gasteiger charge is 2.90. The van der Waals surface area contributed by atoms with Gasteiger partial charge in [0.25, 0.3) is 0 Å². The molecule has 19 heteroatoms. The summed E-state index contributed by atoms with van der Waals surface area (Å²) in [5, 5.41) is 121. The Bertz CT molecular complexity index is 5160. The third-order valence-corrected chi connectivity index (χ3v) is 56.7. The van der Waals surface area contributed by atoms with Gasteiger partial charge in [-0.3, -0.25) is 28.8 Å². The molecule has 19 nitrogen and oxygen atoms in total. The Morgan fingerprint density at radius 3 is 0.950 bits per heavy atom. The summed E-state index contributed by atoms with van der Waals surface area (Å²) in [6.45, 7) is 24.2. The molecule has 32 rings (SSSR count). The van der Waals surface area contributed by atoms with Gasteiger partial charge >= 0.3 is 11.9 Å². The van der Waals surface area contributed by atoms with Crippen LogP contribution in [0.25, 0.3) is 0 Å². The second-order valence-corrected chi connectivity index (χ2v) is 59.8. The van der Waals surface area contributed by atoms with Crippen molar-refractivity contribution in [2.24, 2.45) is 261 Å². The molecule has 0 amide bonds. The Morgan fingerprint density at radius 1 is 0.295 bits per heavy atom. The number of fused-ring (bicyclic) bond motifs is 54. The molecule has 2 saturated heterocycles. The highest BCUT2D eigenvalue weighted by atomic mass is 16.6. The van der Waals surface area contributed by atoms with Crippen LogP contribution in [-0.4, -0.2) is 168 Å². The van der Waals surface area contributed by atoms with Crippen LogP contribution in [0, 0.1) is 261 Å². The van der Waals surface area contributed by atoms with E-state index < -0.39 is 39.2 Å². The topological polar surface area (TPSA) is 343 Å². The lowest BCUT2D eigenvalue weighted by Gasteiger charge is -2.64. The molecule has 15 unspecified atom stereocenters. The lowest BCUT2D eigenvalue weighted by molar-refractivity contribution is -0.237. The lowest BCUT2D eigenvalue weighted by Crippen LogP contribution is -2.65. The molecule has 55 atom stereocenters. The quantitative estimate of drug-likeness (QED) is 0.0955. The molecule has 766 valence electrons. The minimum atomic E-state index is -0.781. The number of aliphatic hydroxyl groups excluding tert-OH is 4. The average molecular weight is 1920 g/mol. The minimum absolute atomic E-state index is 0.0229. The first-order valence-corrected chi connectivity index (χ1v) is 58.6. The molecule has 0 aromatic carbocycles. The largest absolute Gasteiger partial charge is 0.458 e. The van der Waals surface area contributed by atoms with E-state index in [1.807, 2.05) is 0 Å². The number of rotatable bonds is 9. The van der Waals surface area contributed by atoms with Crippen molar-refractivity contribution in [1.82, 2.24) is 0 Å². The van der Waals surface area contributed by atoms with Gasteiger partial charge in [0.1, 0.15) is 28.6 Å². The van der Waals surface area contributed by atoms with Gasteiger partial charge in [-0.25, -0.2) is 0 Å². The molecule has 0 bridgehead atoms. The molecule has 2 aliphatic heterocycles. The van der Waals surface area contributed by atoms with Crippen LogP contribution in [0.5, 0.6) is 0 Å². The second kappa shape index (κ2) is 28.8. The van der Waals surface area contributed by atoms with Gasteiger partial charge in [0.05, 0.1) is 45.3 Å². The van der Waals surface area contributed by atoms with Gasteiger partial charge in [-0.1, -0.05) is 74.8 Å². The molecular formula is C120H172O19. The zero-order valence-corrected chi connectivity index (χ0v) is 85.8. The van der Waals surface area contributed by atoms with E-state index in [1.54, 1.807) is 0 Å². The average Bonchev–Trinajstić information content (AvgIpc) is 1.49. The highest BCUT2D eigenvalue weighted by molar-refractivity contribution is 5.92. The predicted octanol–water partition coefficient (Wildman–Crippen LogP) is 16.4. The number of hydrogen-bond acceptors (Lipinski definition) is 19. The van der Waals surface area contributed by atoms with Gasteiger partial charge < -0.3 is 65.6 Å². The van der Waals surface area contributed by atoms with E-state index in [4.69, 9.17) is 9.47 Å². The molecule has 0 aromatic rings. The molecule has 2 heterocycles. The molecular weight excluding hydrogens is 1750 g/mol. The summed E-state index contributed by atoms with van der Waals surface area (Å²) in [5.41, 5.74) is -3.62. The van der Waals surface area contributed by atoms with Crippen LogP contribution in [0.4, 0.5) is 0 Å². The molecule has 11 N–H and O–H groups in total. The minimum Gasteiger partial charge on any atom is -0.458 e. The van der Waals surface area contributed by atoms with E-state index in [0.717, 1.165) is 202 Å². The molecule has 32 aliphatic rings. The Morgan fingerprint density at radius 2 is 0.597 bits per heavy atom. The van der Waals surface area contributed by atoms with Crippen molar-refractivity contribution >= 4 is 35.1 Å². The van der Waals surface area contributed by atoms with Crippen LogP contribution in [0.15, 0.2) is 11.6 Å². The summed E-state index contributed by atoms with van der Waals surface area (Å²) in [6, 6.07) is 0. The third-order valence-electron chi connectivity index (χ3n) is 56.7. The number of esters is 2. The smallest absolute Gasteiger partial charge is 0.306 e. The maximum Gasteiger partial charge on any atom is 0.306 e. The molecule has 29 saturated carbocycles. The maximum absolute atomic E-state index is 12.3. The van der Waals surface area contributed by atoms with Crippen LogP contribution >= 0.6 is 0 Å². The summed E-state index contributed by atoms with van der Waals surface area (Å²) in [4.78, 5) is 73.2. The fourth-order valence-electron chi connectivity index (χ4n) is 50.0. The van der Waals surface area contributed by atoms with Crippen LogP contribution in [0.1, 0.15) is 352 Å². The third kappa shape index (κ3) is 11.1. The summed E-state index contributed by atoms with van der Waals surface area (Å²) in [5.74, 6) is 21.5. The zero-order chi connectivity index (χ0) is 96.7. The van der Waals surface area contributed by atoms with Gasteiger partial charge in [0, 0.05) is 123 Å². The summed E-state index contributed by atoms with van der Waals surface area (Å²) in [7, 11) is 0. The number of hydrogen-bond donors (Lipinski definition) is 11. The van der Waals surface area contributed by atoms with Crippen molar-refractivity contribution in [3.8, 4) is 0 Å². The Hall–Kier alpha value is -3.08. The predicted molar refractivity (Wildman–Crippen MR) is 514 cm³/mol. The zero-order valence-electron chi connectivity index (χ0n) is 85.8. The first-order chi connectivity index (χ1) is 65.8. The van der Waals surface area contributed by atoms with Crippen LogP contribution < -0.4 is 0 Å². The molecule has 0 radical (unpaired) electrons. The van der Waals surface area contributed by atoms with E-state index in [0.29, 0.717) is 254 Å². The summed E-state index contributed by atoms with van der Waals surface area (Å²) in [6.07, 6.45) is 41.8. The van der Waals surface area contributed by atoms with Gasteiger partial charge in [-0.05, 0) is 447 Å². The summed E-state index contributed by atoms with van der Waals surface area (Å²) >= 11 is 0. The van der Waals surface area contributed by atoms with Gasteiger partial charge in [-0.15, -0.1) is 0 Å². The number of aliphatic hydroxyl groups is 11. The van der Waals surface area contributed by atoms with Crippen molar-refractivity contribution in [1.29, 1.82) is 0 Å². The van der Waals surface area contributed by atoms with Crippen LogP contribution in [-0.2, 0) is 38.2 Å². The number of carbonyl (C=O) groups is 6. The highest BCUT2D eigenvalue weighted by Crippen LogP contribution is 2.90. The number of ketones is 4. The Balaban J connectivity index is 0.0000000855. The molecule has 0 aromatic heterocycles. The number of ether oxygens (including phenoxy) is 2. The van der Waals surface area contributed by atoms with Crippen molar-refractivity contribution < 1.29 is 94.4 Å². The summed E-state index contributed by atoms with van der Waals surface area (Å²) < 4.78 is 12.4. The molecule has 2 spiro atoms. The van der Waals surface area contributed by atoms with E-state index in [2.05, 4.69) is 75.3 Å². The number of allylic oxidation sites excluding steroid dienone is 1. The monoisotopic (exact) mass is 1920 g/mol. The Labute approximate surface area is 825 Å². The lowest BCUT2D eigenvalue weighted by atomic mass is 9.42. The molecule has 30 aliphatic carbocycles. The van der Waals surface area contributed by atoms with Crippen LogP contribution in [0.2, 0.25) is 0 Å². The van der Waals surface area contributed by atoms with E-state index in [1.165, 1.54) is 44.1 Å². The van der Waals surface area contributed by atoms with E-state index >= 15 is 0 Å². The fourth-order valence-corrected chi connectivity index (χ4v) is 50.0. The number of carbonyl (C=O) groups excluding carboxylic acids is 6. The van der Waals surface area contributed by atoms with E-state index in [-0.39, 0.29) is 121 Å². The normalized spacial score (nSPS) is 64.3. The van der Waals surface area contributed by atoms with Crippen molar-refractivity contribution in [2.45, 2.75) is 408 Å². The molecule has 139 heavy (non-hydrogen) atoms. The second-order valence-electron chi connectivity index (χ2n) is 59.8. The van der Waals surface area contributed by atoms with Gasteiger partial charge in [0.2, 0.25) is 0 Å². The fraction of sp³-hybridized carbons (Fsp3) is 0.933. The maximum atomic E-state index is 12.3. The van der Waals surface area contributed by atoms with Gasteiger partial charge in [-0.2, -0.15) is 0 Å². The first kappa shape index (κ1) is 93.2. The van der Waals surface area contributed by atoms with Gasteiger partial charge in [0.15, 0.2) is 5.78 Å². The van der Waals surface area contributed by atoms with Crippen LogP contribution in [0.3, 0.4) is 0 Å². The SMILES string of the molecule is C[C@]12CCC(=O)C=C1[C@@H]1C[C@@H]1C1C2CC[C@@]2(C)C1[C@@H]1C[C@@H]1[C@@]21CCC(=O)O1.C[C@]12CCC3C(C1[C@@H]1C[C@@H]1[C@@]2(O)CCCO)[C@H]1C[C@H]1[C@]1(O)CC(=O)CC[C@]31C.C[C@]12CCC3C(C1[C@@H]1C[C@@H]1[C@@]2(O)CCCO)[C@H]1C[C@H]1[C@]1(O)CC(=O)CC[C@]31C.C[C@]12CCC3C(C1[C@@H]1C[C@@H]1[C@@]2(O)CCCO)[C@H]1C[C@H]1[C@]1(O)C[C@@H](O)CC[C@]31C.C[C@]12CCC3C(C1[C@@H]1C[C@@H]1[C@@]21CCC(=O)O1)[C@H]1C[C@H]1[C@]1(O)CC(=O)CC[C@]31C. The number of Topliss-reactive ketones (excluding diaryl/α,β-unsaturated/α-hetero) is 3. The van der Waals surface area contributed by atoms with Crippen molar-refractivity contribution in [3.63, 3.8) is 0 Å². The Kier molecular flexibility index (Phi) is 19.3. The van der Waals surface area contributed by atoms with E-state index in [9.17, 15) is 84.9 Å². The first-order valence-electron chi connectivity index (χ1n) is 58.6. The molecule has 31 fully saturated rings. The standard InChI is InChI=1S/C24H32O4.C24H38O4.2C24H36O4.C24H30O3/c1-21-6-3-12(25)11-23(21,27)16-9-13(16)19-15(21)4-7-22(2)20(19)14-10-17(14)24(22)8-5-18(26)28-24;3*1-21-7-4-13(26)12-24(21,28)17-10-14(17)19-16(21)5-8-22(2)20(19)15-11-18(15)23(22,27)6-3-9-25;1-22-6-3-12(25)9-17(22)13-10-14(13)20-16(22)4-7-23(2)21(20)15-11-18(15)24(23)8-5-19(26)27-24/h13-17,19-20,27H,3-11H2,1-2H3;13-20,25-28H,3-12H2,1-2H3;2*14-20,25,27-28H,3-12H2,1-2H3;9,13-16,18,20-21H,3-8,10-11H2,1-2H3/t13-,14+,15?,16+,17-,19?,20?,21+,22-,23+,24-;13-,14-,15+,16?,17+,18-,19?,20?,21+,22-,23-,24+;2*14-,15+,16?,17+,18-,19?,20?,21+,22-,23-,24+;13-,14+,15-,16?,18+,20?,21?,22-,23+,24+/m00001/s1.